The summed E-state index contributed by atoms with van der Waals surface area (Å²) in [7, 11) is -3.73. The molecule has 7 nitrogen and oxygen atoms in total. The number of carbonyl (C=O) groups is 1. The number of sulfonamides is 1. The normalized spacial score (nSPS) is 19.6. The lowest BCUT2D eigenvalue weighted by atomic mass is 10.4. The number of amides is 1. The van der Waals surface area contributed by atoms with Crippen LogP contribution in [0.5, 0.6) is 0 Å². The highest BCUT2D eigenvalue weighted by Crippen LogP contribution is 2.15. The average Bonchev–Trinajstić information content (AvgIpc) is 2.96. The van der Waals surface area contributed by atoms with Crippen molar-refractivity contribution in [2.24, 2.45) is 0 Å². The molecule has 0 saturated carbocycles. The molecule has 19 heavy (non-hydrogen) atoms. The Morgan fingerprint density at radius 1 is 1.53 bits per heavy atom. The third-order valence-electron chi connectivity index (χ3n) is 2.91. The first-order chi connectivity index (χ1) is 8.94. The Hall–Kier alpha value is -1.41. The summed E-state index contributed by atoms with van der Waals surface area (Å²) in [6.45, 7) is 3.93. The first-order valence-electron chi connectivity index (χ1n) is 6.04. The molecule has 1 fully saturated rings. The van der Waals surface area contributed by atoms with E-state index in [1.807, 2.05) is 11.6 Å². The van der Waals surface area contributed by atoms with Crippen molar-refractivity contribution in [3.8, 4) is 0 Å². The molecule has 1 aromatic rings. The summed E-state index contributed by atoms with van der Waals surface area (Å²) in [5.74, 6) is -0.430. The topological polar surface area (TPSA) is 98.5 Å². The minimum Gasteiger partial charge on any atom is -0.435 e. The average molecular weight is 288 g/mol. The Morgan fingerprint density at radius 3 is 2.79 bits per heavy atom. The van der Waals surface area contributed by atoms with Crippen LogP contribution in [0.1, 0.15) is 35.5 Å². The fourth-order valence-electron chi connectivity index (χ4n) is 1.83. The molecule has 106 valence electrons. The molecule has 2 heterocycles. The minimum absolute atomic E-state index is 0.0562. The number of hydrogen-bond acceptors (Lipinski definition) is 6. The van der Waals surface area contributed by atoms with Gasteiger partial charge in [0.2, 0.25) is 15.8 Å². The molecule has 1 unspecified atom stereocenters. The van der Waals surface area contributed by atoms with Crippen LogP contribution in [-0.4, -0.2) is 37.8 Å². The van der Waals surface area contributed by atoms with E-state index in [0.29, 0.717) is 31.0 Å². The van der Waals surface area contributed by atoms with Crippen molar-refractivity contribution in [2.45, 2.75) is 31.9 Å². The molecule has 1 saturated heterocycles. The molecule has 1 aromatic heterocycles. The fraction of sp³-hybridized carbons (Fsp3) is 0.636. The second kappa shape index (κ2) is 5.30. The third kappa shape index (κ3) is 2.95. The number of oxazole rings is 1. The SMILES string of the molecule is CCc1nc(C)c(C(=O)NS(=O)(=O)C2CCOC2)o1. The van der Waals surface area contributed by atoms with Gasteiger partial charge in [0.25, 0.3) is 0 Å². The maximum absolute atomic E-state index is 11.9. The Morgan fingerprint density at radius 2 is 2.26 bits per heavy atom. The van der Waals surface area contributed by atoms with Crippen LogP contribution in [0.3, 0.4) is 0 Å². The second-order valence-electron chi connectivity index (χ2n) is 4.34. The number of hydrogen-bond donors (Lipinski definition) is 1. The number of ether oxygens (including phenoxy) is 1. The van der Waals surface area contributed by atoms with Crippen molar-refractivity contribution in [2.75, 3.05) is 13.2 Å². The molecule has 1 atom stereocenters. The predicted molar refractivity (Wildman–Crippen MR) is 66.2 cm³/mol. The van der Waals surface area contributed by atoms with Gasteiger partial charge in [0.1, 0.15) is 5.25 Å². The summed E-state index contributed by atoms with van der Waals surface area (Å²) in [4.78, 5) is 15.9. The summed E-state index contributed by atoms with van der Waals surface area (Å²) < 4.78 is 36.1. The number of aromatic nitrogens is 1. The Kier molecular flexibility index (Phi) is 3.91. The highest BCUT2D eigenvalue weighted by Gasteiger charge is 2.32. The summed E-state index contributed by atoms with van der Waals surface area (Å²) in [5, 5.41) is -0.690. The maximum atomic E-state index is 11.9. The molecular formula is C11H16N2O5S. The van der Waals surface area contributed by atoms with Gasteiger partial charge < -0.3 is 9.15 Å². The smallest absolute Gasteiger partial charge is 0.302 e. The zero-order valence-corrected chi connectivity index (χ0v) is 11.6. The quantitative estimate of drug-likeness (QED) is 0.860. The van der Waals surface area contributed by atoms with Gasteiger partial charge in [0.05, 0.1) is 12.3 Å². The lowest BCUT2D eigenvalue weighted by molar-refractivity contribution is 0.0951. The second-order valence-corrected chi connectivity index (χ2v) is 6.30. The van der Waals surface area contributed by atoms with Crippen LogP contribution in [0.2, 0.25) is 0 Å². The van der Waals surface area contributed by atoms with Crippen LogP contribution < -0.4 is 4.72 Å². The van der Waals surface area contributed by atoms with E-state index in [2.05, 4.69) is 4.98 Å². The monoisotopic (exact) mass is 288 g/mol. The molecule has 0 bridgehead atoms. The van der Waals surface area contributed by atoms with E-state index in [0.717, 1.165) is 0 Å². The maximum Gasteiger partial charge on any atom is 0.302 e. The van der Waals surface area contributed by atoms with Gasteiger partial charge in [0, 0.05) is 13.0 Å². The molecule has 1 aliphatic rings. The summed E-state index contributed by atoms with van der Waals surface area (Å²) >= 11 is 0. The molecule has 0 aromatic carbocycles. The van der Waals surface area contributed by atoms with Crippen LogP contribution in [0.15, 0.2) is 4.42 Å². The standard InChI is InChI=1S/C11H16N2O5S/c1-3-9-12-7(2)10(18-9)11(14)13-19(15,16)8-4-5-17-6-8/h8H,3-6H2,1-2H3,(H,13,14). The number of nitrogens with zero attached hydrogens (tertiary/aromatic N) is 1. The minimum atomic E-state index is -3.73. The first kappa shape index (κ1) is 14.0. The van der Waals surface area contributed by atoms with Gasteiger partial charge in [-0.2, -0.15) is 0 Å². The number of rotatable bonds is 4. The molecule has 2 rings (SSSR count). The molecule has 0 spiro atoms. The van der Waals surface area contributed by atoms with E-state index in [-0.39, 0.29) is 12.4 Å². The molecule has 8 heteroatoms. The summed E-state index contributed by atoms with van der Waals surface area (Å²) in [6.07, 6.45) is 0.926. The zero-order chi connectivity index (χ0) is 14.0. The van der Waals surface area contributed by atoms with E-state index in [1.165, 1.54) is 0 Å². The van der Waals surface area contributed by atoms with E-state index >= 15 is 0 Å². The van der Waals surface area contributed by atoms with Crippen molar-refractivity contribution < 1.29 is 22.4 Å². The van der Waals surface area contributed by atoms with Crippen LogP contribution in [0, 0.1) is 6.92 Å². The number of carbonyl (C=O) groups excluding carboxylic acids is 1. The first-order valence-corrected chi connectivity index (χ1v) is 7.58. The molecule has 0 radical (unpaired) electrons. The van der Waals surface area contributed by atoms with Gasteiger partial charge in [-0.3, -0.25) is 4.79 Å². The van der Waals surface area contributed by atoms with Gasteiger partial charge in [0.15, 0.2) is 5.89 Å². The molecule has 0 aliphatic carbocycles. The number of aryl methyl sites for hydroxylation is 2. The van der Waals surface area contributed by atoms with Crippen molar-refractivity contribution in [3.05, 3.63) is 17.3 Å². The van der Waals surface area contributed by atoms with Gasteiger partial charge in [-0.25, -0.2) is 18.1 Å². The largest absolute Gasteiger partial charge is 0.435 e. The van der Waals surface area contributed by atoms with Crippen LogP contribution in [0.25, 0.3) is 0 Å². The summed E-state index contributed by atoms with van der Waals surface area (Å²) in [5.41, 5.74) is 0.382. The Balaban J connectivity index is 2.14. The van der Waals surface area contributed by atoms with Crippen molar-refractivity contribution >= 4 is 15.9 Å². The summed E-state index contributed by atoms with van der Waals surface area (Å²) in [6, 6.07) is 0. The molecule has 1 aliphatic heterocycles. The highest BCUT2D eigenvalue weighted by atomic mass is 32.2. The number of nitrogens with one attached hydrogen (secondary N) is 1. The van der Waals surface area contributed by atoms with Gasteiger partial charge in [-0.15, -0.1) is 0 Å². The van der Waals surface area contributed by atoms with Crippen LogP contribution >= 0.6 is 0 Å². The molecule has 1 N–H and O–H groups in total. The predicted octanol–water partition coefficient (Wildman–Crippen LogP) is 0.394. The zero-order valence-electron chi connectivity index (χ0n) is 10.8. The van der Waals surface area contributed by atoms with E-state index in [1.54, 1.807) is 6.92 Å². The van der Waals surface area contributed by atoms with E-state index in [9.17, 15) is 13.2 Å². The van der Waals surface area contributed by atoms with Crippen LogP contribution in [-0.2, 0) is 21.2 Å². The van der Waals surface area contributed by atoms with Crippen molar-refractivity contribution in [1.82, 2.24) is 9.71 Å². The van der Waals surface area contributed by atoms with Crippen LogP contribution in [0.4, 0.5) is 0 Å². The molecule has 1 amide bonds. The van der Waals surface area contributed by atoms with E-state index < -0.39 is 21.2 Å². The van der Waals surface area contributed by atoms with E-state index in [4.69, 9.17) is 9.15 Å². The third-order valence-corrected chi connectivity index (χ3v) is 4.63. The van der Waals surface area contributed by atoms with Gasteiger partial charge in [-0.1, -0.05) is 6.92 Å². The molecular weight excluding hydrogens is 272 g/mol. The fourth-order valence-corrected chi connectivity index (χ4v) is 3.03. The van der Waals surface area contributed by atoms with Crippen molar-refractivity contribution in [3.63, 3.8) is 0 Å². The van der Waals surface area contributed by atoms with Gasteiger partial charge in [-0.05, 0) is 13.3 Å². The Labute approximate surface area is 111 Å². The lowest BCUT2D eigenvalue weighted by Gasteiger charge is -2.10. The highest BCUT2D eigenvalue weighted by molar-refractivity contribution is 7.90. The Bertz CT molecular complexity index is 572. The lowest BCUT2D eigenvalue weighted by Crippen LogP contribution is -2.38. The van der Waals surface area contributed by atoms with Crippen molar-refractivity contribution in [1.29, 1.82) is 0 Å². The van der Waals surface area contributed by atoms with Gasteiger partial charge >= 0.3 is 5.91 Å².